The van der Waals surface area contributed by atoms with E-state index in [9.17, 15) is 4.79 Å². The first kappa shape index (κ1) is 18.0. The standard InChI is InChI=1S/C21H22ClN3O2/c1-14(15-4-8-23-9-5-15)25-10-6-18(7-11-25)24-21(26)20-13-16-12-17(22)2-3-19(16)27-20/h2-5,8-9,12-14,18H,6-7,10-11H2,1H3,(H,24,26). The van der Waals surface area contributed by atoms with E-state index in [1.165, 1.54) is 5.56 Å². The van der Waals surface area contributed by atoms with Gasteiger partial charge in [0.25, 0.3) is 5.91 Å². The minimum absolute atomic E-state index is 0.162. The number of piperidine rings is 1. The van der Waals surface area contributed by atoms with Gasteiger partial charge in [0.1, 0.15) is 5.58 Å². The summed E-state index contributed by atoms with van der Waals surface area (Å²) < 4.78 is 5.66. The maximum absolute atomic E-state index is 12.5. The van der Waals surface area contributed by atoms with E-state index in [1.54, 1.807) is 24.3 Å². The first-order chi connectivity index (χ1) is 13.1. The van der Waals surface area contributed by atoms with Crippen molar-refractivity contribution >= 4 is 28.5 Å². The number of hydrogen-bond donors (Lipinski definition) is 1. The van der Waals surface area contributed by atoms with Gasteiger partial charge in [0.2, 0.25) is 0 Å². The summed E-state index contributed by atoms with van der Waals surface area (Å²) in [4.78, 5) is 19.1. The summed E-state index contributed by atoms with van der Waals surface area (Å²) >= 11 is 6.00. The molecule has 4 rings (SSSR count). The van der Waals surface area contributed by atoms with Crippen molar-refractivity contribution in [3.8, 4) is 0 Å². The number of nitrogens with zero attached hydrogens (tertiary/aromatic N) is 2. The van der Waals surface area contributed by atoms with Crippen LogP contribution in [0.25, 0.3) is 11.0 Å². The quantitative estimate of drug-likeness (QED) is 0.723. The smallest absolute Gasteiger partial charge is 0.287 e. The van der Waals surface area contributed by atoms with Crippen LogP contribution in [-0.2, 0) is 0 Å². The topological polar surface area (TPSA) is 58.4 Å². The van der Waals surface area contributed by atoms with Crippen LogP contribution in [0.15, 0.2) is 53.2 Å². The molecule has 0 aliphatic carbocycles. The van der Waals surface area contributed by atoms with Crippen molar-refractivity contribution in [3.63, 3.8) is 0 Å². The molecular formula is C21H22ClN3O2. The third-order valence-corrected chi connectivity index (χ3v) is 5.54. The van der Waals surface area contributed by atoms with Gasteiger partial charge in [-0.2, -0.15) is 0 Å². The molecule has 27 heavy (non-hydrogen) atoms. The number of hydrogen-bond acceptors (Lipinski definition) is 4. The Balaban J connectivity index is 1.35. The Kier molecular flexibility index (Phi) is 5.14. The van der Waals surface area contributed by atoms with Crippen LogP contribution in [-0.4, -0.2) is 34.9 Å². The molecule has 2 aromatic heterocycles. The first-order valence-electron chi connectivity index (χ1n) is 9.24. The third-order valence-electron chi connectivity index (χ3n) is 5.30. The van der Waals surface area contributed by atoms with Gasteiger partial charge in [0, 0.05) is 48.0 Å². The zero-order valence-corrected chi connectivity index (χ0v) is 15.9. The number of carbonyl (C=O) groups is 1. The summed E-state index contributed by atoms with van der Waals surface area (Å²) in [7, 11) is 0. The average Bonchev–Trinajstić information content (AvgIpc) is 3.12. The van der Waals surface area contributed by atoms with Gasteiger partial charge < -0.3 is 9.73 Å². The van der Waals surface area contributed by atoms with Crippen LogP contribution >= 0.6 is 11.6 Å². The zero-order chi connectivity index (χ0) is 18.8. The molecule has 1 amide bonds. The highest BCUT2D eigenvalue weighted by Gasteiger charge is 2.25. The van der Waals surface area contributed by atoms with E-state index >= 15 is 0 Å². The summed E-state index contributed by atoms with van der Waals surface area (Å²) in [6, 6.07) is 11.7. The Bertz CT molecular complexity index is 933. The Morgan fingerprint density at radius 1 is 1.22 bits per heavy atom. The van der Waals surface area contributed by atoms with E-state index in [1.807, 2.05) is 12.4 Å². The summed E-state index contributed by atoms with van der Waals surface area (Å²) in [6.45, 7) is 4.11. The van der Waals surface area contributed by atoms with Gasteiger partial charge in [-0.05, 0) is 61.7 Å². The lowest BCUT2D eigenvalue weighted by Crippen LogP contribution is -2.45. The van der Waals surface area contributed by atoms with Crippen LogP contribution in [0.4, 0.5) is 0 Å². The number of amides is 1. The monoisotopic (exact) mass is 383 g/mol. The van der Waals surface area contributed by atoms with E-state index in [4.69, 9.17) is 16.0 Å². The van der Waals surface area contributed by atoms with Crippen molar-refractivity contribution in [2.75, 3.05) is 13.1 Å². The van der Waals surface area contributed by atoms with Crippen molar-refractivity contribution in [3.05, 3.63) is 65.1 Å². The van der Waals surface area contributed by atoms with Crippen LogP contribution in [0.2, 0.25) is 5.02 Å². The van der Waals surface area contributed by atoms with Crippen LogP contribution in [0.5, 0.6) is 0 Å². The number of fused-ring (bicyclic) bond motifs is 1. The number of aromatic nitrogens is 1. The van der Waals surface area contributed by atoms with Gasteiger partial charge in [-0.3, -0.25) is 14.7 Å². The molecule has 1 aliphatic heterocycles. The molecule has 1 N–H and O–H groups in total. The number of nitrogens with one attached hydrogen (secondary N) is 1. The van der Waals surface area contributed by atoms with Crippen molar-refractivity contribution in [2.45, 2.75) is 31.8 Å². The first-order valence-corrected chi connectivity index (χ1v) is 9.62. The average molecular weight is 384 g/mol. The molecule has 6 heteroatoms. The number of furan rings is 1. The molecule has 0 saturated carbocycles. The molecule has 140 valence electrons. The fourth-order valence-corrected chi connectivity index (χ4v) is 3.85. The predicted octanol–water partition coefficient (Wildman–Crippen LogP) is 4.44. The fraction of sp³-hybridized carbons (Fsp3) is 0.333. The molecule has 1 aromatic carbocycles. The van der Waals surface area contributed by atoms with Gasteiger partial charge >= 0.3 is 0 Å². The van der Waals surface area contributed by atoms with E-state index in [2.05, 4.69) is 34.3 Å². The van der Waals surface area contributed by atoms with E-state index in [0.29, 0.717) is 22.4 Å². The van der Waals surface area contributed by atoms with Gasteiger partial charge in [-0.15, -0.1) is 0 Å². The number of carbonyl (C=O) groups excluding carboxylic acids is 1. The van der Waals surface area contributed by atoms with Gasteiger partial charge in [0.05, 0.1) is 0 Å². The molecule has 3 heterocycles. The molecule has 0 spiro atoms. The molecule has 1 atom stereocenters. The number of pyridine rings is 1. The fourth-order valence-electron chi connectivity index (χ4n) is 3.67. The maximum atomic E-state index is 12.5. The summed E-state index contributed by atoms with van der Waals surface area (Å²) in [5, 5.41) is 4.58. The Morgan fingerprint density at radius 3 is 2.70 bits per heavy atom. The summed E-state index contributed by atoms with van der Waals surface area (Å²) in [6.07, 6.45) is 5.51. The lowest BCUT2D eigenvalue weighted by molar-refractivity contribution is 0.0871. The zero-order valence-electron chi connectivity index (χ0n) is 15.2. The minimum atomic E-state index is -0.164. The lowest BCUT2D eigenvalue weighted by atomic mass is 10.0. The summed E-state index contributed by atoms with van der Waals surface area (Å²) in [5.74, 6) is 0.169. The molecule has 0 radical (unpaired) electrons. The van der Waals surface area contributed by atoms with Crippen molar-refractivity contribution in [1.29, 1.82) is 0 Å². The highest BCUT2D eigenvalue weighted by Crippen LogP contribution is 2.25. The number of rotatable bonds is 4. The van der Waals surface area contributed by atoms with Crippen LogP contribution in [0, 0.1) is 0 Å². The predicted molar refractivity (Wildman–Crippen MR) is 106 cm³/mol. The Morgan fingerprint density at radius 2 is 1.96 bits per heavy atom. The molecular weight excluding hydrogens is 362 g/mol. The van der Waals surface area contributed by atoms with E-state index in [0.717, 1.165) is 31.3 Å². The Hall–Kier alpha value is -2.37. The molecule has 1 aliphatic rings. The van der Waals surface area contributed by atoms with Crippen LogP contribution in [0.3, 0.4) is 0 Å². The van der Waals surface area contributed by atoms with E-state index in [-0.39, 0.29) is 11.9 Å². The second-order valence-electron chi connectivity index (χ2n) is 7.03. The van der Waals surface area contributed by atoms with Crippen molar-refractivity contribution in [2.24, 2.45) is 0 Å². The maximum Gasteiger partial charge on any atom is 0.287 e. The third kappa shape index (κ3) is 3.99. The second-order valence-corrected chi connectivity index (χ2v) is 7.47. The highest BCUT2D eigenvalue weighted by atomic mass is 35.5. The van der Waals surface area contributed by atoms with Gasteiger partial charge in [-0.25, -0.2) is 0 Å². The molecule has 5 nitrogen and oxygen atoms in total. The second kappa shape index (κ2) is 7.71. The molecule has 1 unspecified atom stereocenters. The largest absolute Gasteiger partial charge is 0.451 e. The number of halogens is 1. The molecule has 0 bridgehead atoms. The number of likely N-dealkylation sites (tertiary alicyclic amines) is 1. The SMILES string of the molecule is CC(c1ccncc1)N1CCC(NC(=O)c2cc3cc(Cl)ccc3o2)CC1. The van der Waals surface area contributed by atoms with Gasteiger partial charge in [0.15, 0.2) is 5.76 Å². The van der Waals surface area contributed by atoms with Crippen LogP contribution in [0.1, 0.15) is 41.9 Å². The molecule has 3 aromatic rings. The van der Waals surface area contributed by atoms with Crippen molar-refractivity contribution < 1.29 is 9.21 Å². The highest BCUT2D eigenvalue weighted by molar-refractivity contribution is 6.31. The molecule has 1 fully saturated rings. The van der Waals surface area contributed by atoms with Crippen LogP contribution < -0.4 is 5.32 Å². The minimum Gasteiger partial charge on any atom is -0.451 e. The normalized spacial score (nSPS) is 17.1. The molecule has 1 saturated heterocycles. The van der Waals surface area contributed by atoms with E-state index < -0.39 is 0 Å². The van der Waals surface area contributed by atoms with Crippen molar-refractivity contribution in [1.82, 2.24) is 15.2 Å². The summed E-state index contributed by atoms with van der Waals surface area (Å²) in [5.41, 5.74) is 1.94. The lowest BCUT2D eigenvalue weighted by Gasteiger charge is -2.36. The number of benzene rings is 1. The van der Waals surface area contributed by atoms with Gasteiger partial charge in [-0.1, -0.05) is 11.6 Å². The Labute approximate surface area is 163 Å².